The second-order valence-electron chi connectivity index (χ2n) is 6.32. The number of hydrogen-bond acceptors (Lipinski definition) is 0. The molecule has 0 saturated heterocycles. The fraction of sp³-hybridized carbons (Fsp3) is 0.444. The van der Waals surface area contributed by atoms with Crippen molar-refractivity contribution >= 4 is 39.2 Å². The van der Waals surface area contributed by atoms with Crippen molar-refractivity contribution in [1.82, 2.24) is 0 Å². The molecule has 23 heavy (non-hydrogen) atoms. The molecule has 0 bridgehead atoms. The molecule has 2 aromatic carbocycles. The summed E-state index contributed by atoms with van der Waals surface area (Å²) in [5, 5.41) is 2.41. The van der Waals surface area contributed by atoms with Gasteiger partial charge in [-0.25, -0.2) is 0 Å². The van der Waals surface area contributed by atoms with Crippen LogP contribution in [-0.4, -0.2) is 6.69 Å². The summed E-state index contributed by atoms with van der Waals surface area (Å²) < 4.78 is 0. The molecule has 0 radical (unpaired) electrons. The third kappa shape index (κ3) is 3.50. The summed E-state index contributed by atoms with van der Waals surface area (Å²) in [6.45, 7) is 14.6. The van der Waals surface area contributed by atoms with Crippen LogP contribution in [0.3, 0.4) is 0 Å². The molecule has 0 atom stereocenters. The molecule has 0 aliphatic rings. The molecule has 5 heteroatoms. The molecule has 0 saturated carbocycles. The molecule has 0 aromatic heterocycles. The zero-order valence-electron chi connectivity index (χ0n) is 16.3. The molecule has 0 spiro atoms. The van der Waals surface area contributed by atoms with Crippen LogP contribution in [0.15, 0.2) is 0 Å². The smallest absolute Gasteiger partial charge is 0.196 e. The van der Waals surface area contributed by atoms with Crippen LogP contribution in [0, 0.1) is 55.4 Å². The van der Waals surface area contributed by atoms with Crippen LogP contribution in [-0.2, 0) is 0 Å². The van der Waals surface area contributed by atoms with Gasteiger partial charge in [0.15, 0.2) is 0 Å². The molecule has 116 valence electrons. The van der Waals surface area contributed by atoms with Gasteiger partial charge in [0.2, 0.25) is 6.69 Å². The molecule has 0 fully saturated rings. The Kier molecular flexibility index (Phi) is 8.17. The van der Waals surface area contributed by atoms with E-state index in [0.29, 0.717) is 0 Å². The average Bonchev–Trinajstić information content (AvgIpc) is 2.72. The minimum atomic E-state index is -2.71. The first-order chi connectivity index (χ1) is 9.53. The van der Waals surface area contributed by atoms with Gasteiger partial charge in [0.1, 0.15) is 0 Å². The van der Waals surface area contributed by atoms with Crippen molar-refractivity contribution in [3.63, 3.8) is 0 Å². The van der Waals surface area contributed by atoms with E-state index in [-0.39, 0.29) is 37.7 Å². The summed E-state index contributed by atoms with van der Waals surface area (Å²) >= 11 is 14.2. The molecule has 0 aliphatic carbocycles. The molecule has 0 nitrogen and oxygen atoms in total. The van der Waals surface area contributed by atoms with Crippen LogP contribution in [0.25, 0.3) is 0 Å². The summed E-state index contributed by atoms with van der Waals surface area (Å²) in [5.74, 6) is 0. The first-order valence-electron chi connectivity index (χ1n) is 7.38. The topological polar surface area (TPSA) is 0 Å². The Bertz CT molecular complexity index is 613. The van der Waals surface area contributed by atoms with Crippen LogP contribution in [0.4, 0.5) is 0 Å². The minimum Gasteiger partial charge on any atom is -0.196 e. The monoisotopic (exact) mass is 352 g/mol. The van der Waals surface area contributed by atoms with Gasteiger partial charge in [-0.3, -0.25) is 0 Å². The predicted octanol–water partition coefficient (Wildman–Crippen LogP) is -1.37. The van der Waals surface area contributed by atoms with E-state index in [1.807, 2.05) is 0 Å². The second-order valence-corrected chi connectivity index (χ2v) is 12.5. The van der Waals surface area contributed by atoms with E-state index in [1.54, 1.807) is 0 Å². The summed E-state index contributed by atoms with van der Waals surface area (Å²) in [6.07, 6.45) is 0. The van der Waals surface area contributed by atoms with Gasteiger partial charge in [-0.05, 0) is 0 Å². The van der Waals surface area contributed by atoms with Crippen molar-refractivity contribution in [3.05, 3.63) is 44.5 Å². The number of halogens is 2. The van der Waals surface area contributed by atoms with Crippen molar-refractivity contribution in [2.75, 3.05) is 0 Å². The van der Waals surface area contributed by atoms with Crippen LogP contribution >= 0.6 is 22.2 Å². The molecule has 2 aromatic rings. The summed E-state index contributed by atoms with van der Waals surface area (Å²) in [5.41, 5.74) is 10.4. The Labute approximate surface area is 175 Å². The van der Waals surface area contributed by atoms with Crippen LogP contribution in [0.1, 0.15) is 44.5 Å². The molecule has 0 unspecified atom stereocenters. The van der Waals surface area contributed by atoms with E-state index in [0.717, 1.165) is 0 Å². The third-order valence-electron chi connectivity index (χ3n) is 5.50. The zero-order valence-corrected chi connectivity index (χ0v) is 18.8. The zero-order chi connectivity index (χ0) is 16.3. The Balaban J connectivity index is 0.00000242. The standard InChI is InChI=1S/C18H24Cl2Si.2Li/c1-9-10(2)14(6)17(13(9)5)21(19,20)18-15(7)11(3)12(4)16(18)8;;/h1-8H3;;/q-2;2*+1. The predicted molar refractivity (Wildman–Crippen MR) is 98.7 cm³/mol. The maximum absolute atomic E-state index is 7.08. The maximum Gasteiger partial charge on any atom is 1.00 e. The van der Waals surface area contributed by atoms with Crippen LogP contribution in [0.2, 0.25) is 0 Å². The minimum absolute atomic E-state index is 0. The van der Waals surface area contributed by atoms with Gasteiger partial charge in [-0.2, -0.15) is 66.7 Å². The van der Waals surface area contributed by atoms with Gasteiger partial charge in [0.05, 0.1) is 0 Å². The van der Waals surface area contributed by atoms with Crippen molar-refractivity contribution in [3.8, 4) is 0 Å². The molecule has 0 N–H and O–H groups in total. The first kappa shape index (κ1) is 23.7. The van der Waals surface area contributed by atoms with Gasteiger partial charge in [-0.1, -0.05) is 55.4 Å². The van der Waals surface area contributed by atoms with Gasteiger partial charge < -0.3 is 0 Å². The SMILES string of the molecule is Cc1c(C)c(C)[c-]([Si](Cl)(Cl)[c-]2c(C)c(C)c(C)c2C)c1C.[Li+].[Li+]. The molecular weight excluding hydrogens is 329 g/mol. The van der Waals surface area contributed by atoms with Gasteiger partial charge in [0.25, 0.3) is 0 Å². The van der Waals surface area contributed by atoms with Crippen LogP contribution in [0.5, 0.6) is 0 Å². The van der Waals surface area contributed by atoms with Gasteiger partial charge in [0, 0.05) is 0 Å². The molecule has 2 rings (SSSR count). The number of rotatable bonds is 2. The third-order valence-corrected chi connectivity index (χ3v) is 10.5. The fourth-order valence-corrected chi connectivity index (χ4v) is 9.79. The molecule has 0 heterocycles. The van der Waals surface area contributed by atoms with Crippen LogP contribution < -0.4 is 48.1 Å². The molecular formula is C18H24Cl2Li2Si. The van der Waals surface area contributed by atoms with E-state index >= 15 is 0 Å². The van der Waals surface area contributed by atoms with Gasteiger partial charge >= 0.3 is 37.7 Å². The maximum atomic E-state index is 7.08. The van der Waals surface area contributed by atoms with E-state index in [9.17, 15) is 0 Å². The Morgan fingerprint density at radius 3 is 0.870 bits per heavy atom. The molecule has 0 amide bonds. The largest absolute Gasteiger partial charge is 1.00 e. The average molecular weight is 353 g/mol. The van der Waals surface area contributed by atoms with Crippen molar-refractivity contribution in [2.45, 2.75) is 55.4 Å². The van der Waals surface area contributed by atoms with E-state index in [4.69, 9.17) is 22.2 Å². The Hall–Kier alpha value is 0.692. The van der Waals surface area contributed by atoms with Crippen molar-refractivity contribution in [1.29, 1.82) is 0 Å². The van der Waals surface area contributed by atoms with Gasteiger partial charge in [-0.15, -0.1) is 10.4 Å². The quantitative estimate of drug-likeness (QED) is 0.355. The second kappa shape index (κ2) is 7.93. The van der Waals surface area contributed by atoms with Crippen molar-refractivity contribution < 1.29 is 37.7 Å². The Morgan fingerprint density at radius 2 is 0.696 bits per heavy atom. The fourth-order valence-electron chi connectivity index (χ4n) is 3.50. The summed E-state index contributed by atoms with van der Waals surface area (Å²) in [4.78, 5) is 0. The van der Waals surface area contributed by atoms with Crippen molar-refractivity contribution in [2.24, 2.45) is 0 Å². The van der Waals surface area contributed by atoms with E-state index < -0.39 is 6.69 Å². The van der Waals surface area contributed by atoms with E-state index in [2.05, 4.69) is 55.4 Å². The number of hydrogen-bond donors (Lipinski definition) is 0. The normalized spacial score (nSPS) is 11.2. The first-order valence-corrected chi connectivity index (χ1v) is 11.4. The molecule has 0 aliphatic heterocycles. The Morgan fingerprint density at radius 1 is 0.522 bits per heavy atom. The summed E-state index contributed by atoms with van der Waals surface area (Å²) in [7, 11) is 0. The summed E-state index contributed by atoms with van der Waals surface area (Å²) in [6, 6.07) is 0. The van der Waals surface area contributed by atoms with E-state index in [1.165, 1.54) is 54.9 Å².